The molecule has 0 aromatic carbocycles. The zero-order valence-corrected chi connectivity index (χ0v) is 19.5. The molecule has 15 heteroatoms. The number of halogens is 4. The van der Waals surface area contributed by atoms with Crippen LogP contribution >= 0.6 is 0 Å². The van der Waals surface area contributed by atoms with Crippen molar-refractivity contribution in [1.29, 1.82) is 0 Å². The molecule has 6 heterocycles. The zero-order chi connectivity index (χ0) is 26.4. The average Bonchev–Trinajstić information content (AvgIpc) is 3.70. The molecule has 2 aliphatic rings. The lowest BCUT2D eigenvalue weighted by atomic mass is 10.0. The number of aromatic nitrogens is 6. The van der Waals surface area contributed by atoms with Gasteiger partial charge in [-0.05, 0) is 30.5 Å². The van der Waals surface area contributed by atoms with Gasteiger partial charge in [0.2, 0.25) is 5.88 Å². The molecule has 0 radical (unpaired) electrons. The Morgan fingerprint density at radius 1 is 1.26 bits per heavy atom. The Balaban J connectivity index is 1.21. The lowest BCUT2D eigenvalue weighted by Gasteiger charge is -2.30. The molecule has 2 aliphatic heterocycles. The number of fused-ring (bicyclic) bond motifs is 2. The van der Waals surface area contributed by atoms with Crippen molar-refractivity contribution < 1.29 is 31.9 Å². The SMILES string of the molecule is O=C(ON1c2cccnc2OC1N1CC[C@H](C(CF)n2cc(-c3ncnc4[nH]ccc34)cn2)C1)C(F)(F)F. The minimum Gasteiger partial charge on any atom is -0.435 e. The van der Waals surface area contributed by atoms with E-state index in [1.54, 1.807) is 23.5 Å². The molecule has 0 spiro atoms. The molecule has 1 saturated heterocycles. The zero-order valence-electron chi connectivity index (χ0n) is 19.5. The van der Waals surface area contributed by atoms with Crippen LogP contribution in [0.4, 0.5) is 23.2 Å². The second-order valence-electron chi connectivity index (χ2n) is 8.91. The number of alkyl halides is 4. The molecule has 6 rings (SSSR count). The molecule has 4 aromatic rings. The van der Waals surface area contributed by atoms with Crippen LogP contribution in [-0.4, -0.2) is 72.9 Å². The molecule has 0 bridgehead atoms. The van der Waals surface area contributed by atoms with Crippen LogP contribution in [0.25, 0.3) is 22.3 Å². The number of hydrogen-bond donors (Lipinski definition) is 1. The highest BCUT2D eigenvalue weighted by Crippen LogP contribution is 2.40. The molecular weight excluding hydrogens is 512 g/mol. The smallest absolute Gasteiger partial charge is 0.435 e. The summed E-state index contributed by atoms with van der Waals surface area (Å²) in [7, 11) is 0. The van der Waals surface area contributed by atoms with E-state index in [1.807, 2.05) is 6.07 Å². The summed E-state index contributed by atoms with van der Waals surface area (Å²) < 4.78 is 60.5. The predicted molar refractivity (Wildman–Crippen MR) is 123 cm³/mol. The number of carbonyl (C=O) groups is 1. The molecule has 198 valence electrons. The second-order valence-corrected chi connectivity index (χ2v) is 8.91. The molecule has 0 saturated carbocycles. The largest absolute Gasteiger partial charge is 0.493 e. The fourth-order valence-corrected chi connectivity index (χ4v) is 4.85. The van der Waals surface area contributed by atoms with Crippen LogP contribution in [0, 0.1) is 5.92 Å². The molecule has 3 atom stereocenters. The van der Waals surface area contributed by atoms with Gasteiger partial charge in [0.05, 0.1) is 17.9 Å². The van der Waals surface area contributed by atoms with Crippen molar-refractivity contribution in [3.8, 4) is 17.1 Å². The van der Waals surface area contributed by atoms with Crippen molar-refractivity contribution in [3.63, 3.8) is 0 Å². The summed E-state index contributed by atoms with van der Waals surface area (Å²) in [6.07, 6.45) is 2.02. The highest BCUT2D eigenvalue weighted by atomic mass is 19.4. The molecular formula is C23H20F4N8O3. The molecule has 4 aromatic heterocycles. The second kappa shape index (κ2) is 9.24. The predicted octanol–water partition coefficient (Wildman–Crippen LogP) is 3.25. The summed E-state index contributed by atoms with van der Waals surface area (Å²) in [5.41, 5.74) is 2.09. The van der Waals surface area contributed by atoms with Crippen LogP contribution in [0.1, 0.15) is 12.5 Å². The van der Waals surface area contributed by atoms with Crippen molar-refractivity contribution >= 4 is 22.7 Å². The lowest BCUT2D eigenvalue weighted by molar-refractivity contribution is -0.205. The first-order valence-corrected chi connectivity index (χ1v) is 11.7. The molecule has 38 heavy (non-hydrogen) atoms. The Morgan fingerprint density at radius 2 is 2.13 bits per heavy atom. The van der Waals surface area contributed by atoms with Gasteiger partial charge in [-0.25, -0.2) is 29.0 Å². The third kappa shape index (κ3) is 4.17. The number of likely N-dealkylation sites (tertiary alicyclic amines) is 1. The van der Waals surface area contributed by atoms with Gasteiger partial charge in [0.1, 0.15) is 24.3 Å². The Bertz CT molecular complexity index is 1470. The van der Waals surface area contributed by atoms with E-state index in [-0.39, 0.29) is 24.0 Å². The number of aromatic amines is 1. The summed E-state index contributed by atoms with van der Waals surface area (Å²) in [6, 6.07) is 4.11. The van der Waals surface area contributed by atoms with E-state index in [0.29, 0.717) is 29.9 Å². The number of anilines is 1. The fraction of sp³-hybridized carbons (Fsp3) is 0.348. The van der Waals surface area contributed by atoms with Gasteiger partial charge >= 0.3 is 12.1 Å². The van der Waals surface area contributed by atoms with Gasteiger partial charge in [0.25, 0.3) is 6.35 Å². The third-order valence-electron chi connectivity index (χ3n) is 6.66. The maximum Gasteiger partial charge on any atom is 0.493 e. The number of ether oxygens (including phenoxy) is 1. The van der Waals surface area contributed by atoms with Crippen LogP contribution < -0.4 is 9.80 Å². The van der Waals surface area contributed by atoms with Crippen LogP contribution in [0.3, 0.4) is 0 Å². The normalized spacial score (nSPS) is 20.5. The van der Waals surface area contributed by atoms with Gasteiger partial charge in [-0.1, -0.05) is 0 Å². The van der Waals surface area contributed by atoms with E-state index in [4.69, 9.17) is 4.74 Å². The van der Waals surface area contributed by atoms with Crippen LogP contribution in [0.2, 0.25) is 0 Å². The van der Waals surface area contributed by atoms with Crippen LogP contribution in [0.15, 0.2) is 49.3 Å². The van der Waals surface area contributed by atoms with Crippen molar-refractivity contribution in [2.45, 2.75) is 25.0 Å². The van der Waals surface area contributed by atoms with Gasteiger partial charge in [-0.3, -0.25) is 4.68 Å². The topological polar surface area (TPSA) is 114 Å². The molecule has 11 nitrogen and oxygen atoms in total. The number of carbonyl (C=O) groups excluding carboxylic acids is 1. The summed E-state index contributed by atoms with van der Waals surface area (Å²) in [5.74, 6) is -2.62. The van der Waals surface area contributed by atoms with E-state index < -0.39 is 31.2 Å². The number of rotatable bonds is 6. The first kappa shape index (κ1) is 24.1. The highest BCUT2D eigenvalue weighted by Gasteiger charge is 2.48. The third-order valence-corrected chi connectivity index (χ3v) is 6.66. The number of hydrogen-bond acceptors (Lipinski definition) is 9. The standard InChI is InChI=1S/C23H20F4N8O3/c24-8-17(34-11-14(9-32-34)18-15-3-6-28-19(15)31-12-30-18)13-4-7-33(10-13)22-35(38-21(36)23(25,26)27)16-2-1-5-29-20(16)37-22/h1-3,5-6,9,11-13,17,22H,4,7-8,10H2,(H,28,30,31)/t13-,17?,22?/m0/s1. The van der Waals surface area contributed by atoms with Gasteiger partial charge in [0.15, 0.2) is 0 Å². The molecule has 1 N–H and O–H groups in total. The van der Waals surface area contributed by atoms with E-state index in [9.17, 15) is 22.4 Å². The molecule has 2 unspecified atom stereocenters. The Labute approximate surface area is 211 Å². The molecule has 0 amide bonds. The number of nitrogens with zero attached hydrogens (tertiary/aromatic N) is 7. The first-order chi connectivity index (χ1) is 18.3. The van der Waals surface area contributed by atoms with E-state index >= 15 is 0 Å². The Morgan fingerprint density at radius 3 is 2.95 bits per heavy atom. The Hall–Kier alpha value is -4.27. The van der Waals surface area contributed by atoms with Crippen molar-refractivity contribution in [3.05, 3.63) is 49.3 Å². The minimum atomic E-state index is -5.20. The number of nitrogens with one attached hydrogen (secondary N) is 1. The van der Waals surface area contributed by atoms with Gasteiger partial charge in [-0.2, -0.15) is 18.3 Å². The summed E-state index contributed by atoms with van der Waals surface area (Å²) in [5, 5.41) is 5.94. The first-order valence-electron chi connectivity index (χ1n) is 11.7. The van der Waals surface area contributed by atoms with E-state index in [1.165, 1.54) is 29.3 Å². The number of H-pyrrole nitrogens is 1. The number of hydroxylamine groups is 1. The number of pyridine rings is 1. The molecule has 0 aliphatic carbocycles. The monoisotopic (exact) mass is 532 g/mol. The van der Waals surface area contributed by atoms with Crippen LogP contribution in [-0.2, 0) is 9.63 Å². The Kier molecular flexibility index (Phi) is 5.86. The fourth-order valence-electron chi connectivity index (χ4n) is 4.85. The summed E-state index contributed by atoms with van der Waals surface area (Å²) in [6.45, 7) is -0.120. The highest BCUT2D eigenvalue weighted by molar-refractivity contribution is 5.90. The molecule has 1 fully saturated rings. The average molecular weight is 532 g/mol. The minimum absolute atomic E-state index is 0.0237. The maximum absolute atomic E-state index is 14.4. The quantitative estimate of drug-likeness (QED) is 0.374. The van der Waals surface area contributed by atoms with Gasteiger partial charge in [0, 0.05) is 42.6 Å². The van der Waals surface area contributed by atoms with E-state index in [2.05, 4.69) is 29.9 Å². The van der Waals surface area contributed by atoms with Crippen LogP contribution in [0.5, 0.6) is 5.88 Å². The van der Waals surface area contributed by atoms with Crippen molar-refractivity contribution in [1.82, 2.24) is 34.6 Å². The summed E-state index contributed by atoms with van der Waals surface area (Å²) >= 11 is 0. The van der Waals surface area contributed by atoms with Crippen molar-refractivity contribution in [2.75, 3.05) is 24.8 Å². The maximum atomic E-state index is 14.4. The van der Waals surface area contributed by atoms with Gasteiger partial charge in [-0.15, -0.1) is 5.06 Å². The van der Waals surface area contributed by atoms with Crippen molar-refractivity contribution in [2.24, 2.45) is 5.92 Å². The van der Waals surface area contributed by atoms with Gasteiger partial charge < -0.3 is 14.6 Å². The lowest BCUT2D eigenvalue weighted by Crippen LogP contribution is -2.50. The van der Waals surface area contributed by atoms with E-state index in [0.717, 1.165) is 10.4 Å². The summed E-state index contributed by atoms with van der Waals surface area (Å²) in [4.78, 5) is 33.5.